The van der Waals surface area contributed by atoms with Crippen molar-refractivity contribution in [1.29, 1.82) is 0 Å². The van der Waals surface area contributed by atoms with Crippen molar-refractivity contribution in [2.24, 2.45) is 5.73 Å². The molecule has 8 nitrogen and oxygen atoms in total. The van der Waals surface area contributed by atoms with Gasteiger partial charge in [0.15, 0.2) is 0 Å². The first-order valence-corrected chi connectivity index (χ1v) is 8.29. The van der Waals surface area contributed by atoms with Gasteiger partial charge in [0.25, 0.3) is 5.91 Å². The summed E-state index contributed by atoms with van der Waals surface area (Å²) in [5.41, 5.74) is 6.06. The third-order valence-corrected chi connectivity index (χ3v) is 3.57. The van der Waals surface area contributed by atoms with Gasteiger partial charge in [-0.25, -0.2) is 4.79 Å². The summed E-state index contributed by atoms with van der Waals surface area (Å²) >= 11 is 0. The number of ether oxygens (including phenoxy) is 3. The number of primary amides is 1. The van der Waals surface area contributed by atoms with Gasteiger partial charge in [0, 0.05) is 6.07 Å². The fourth-order valence-electron chi connectivity index (χ4n) is 2.22. The van der Waals surface area contributed by atoms with Gasteiger partial charge in [-0.3, -0.25) is 4.79 Å². The van der Waals surface area contributed by atoms with E-state index in [-0.39, 0.29) is 18.7 Å². The fraction of sp³-hybridized carbons (Fsp3) is 0.200. The number of carbonyl (C=O) groups is 2. The number of carbonyl (C=O) groups excluding carboxylic acids is 2. The molecule has 0 atom stereocenters. The monoisotopic (exact) mass is 383 g/mol. The summed E-state index contributed by atoms with van der Waals surface area (Å²) in [4.78, 5) is 23.2. The number of hydrogen-bond donors (Lipinski definition) is 3. The molecule has 0 radical (unpaired) electrons. The molecule has 0 saturated carbocycles. The lowest BCUT2D eigenvalue weighted by Gasteiger charge is -2.11. The SMILES string of the molecule is COc1ccc(NC(=O)NCC#CCOc2ccccc2C(N)=O)c(OC)c1. The standard InChI is InChI=1S/C20H21N3O5/c1-26-14-9-10-16(18(13-14)27-2)23-20(25)22-11-5-6-12-28-17-8-4-3-7-15(17)19(21)24/h3-4,7-10,13H,11-12H2,1-2H3,(H2,21,24)(H2,22,23,25). The summed E-state index contributed by atoms with van der Waals surface area (Å²) in [6.07, 6.45) is 0. The van der Waals surface area contributed by atoms with Gasteiger partial charge in [-0.05, 0) is 24.3 Å². The van der Waals surface area contributed by atoms with E-state index >= 15 is 0 Å². The van der Waals surface area contributed by atoms with E-state index < -0.39 is 11.9 Å². The van der Waals surface area contributed by atoms with E-state index in [1.807, 2.05) is 0 Å². The van der Waals surface area contributed by atoms with E-state index in [9.17, 15) is 9.59 Å². The number of para-hydroxylation sites is 1. The maximum Gasteiger partial charge on any atom is 0.320 e. The van der Waals surface area contributed by atoms with Gasteiger partial charge < -0.3 is 30.6 Å². The van der Waals surface area contributed by atoms with Crippen LogP contribution in [0.2, 0.25) is 0 Å². The normalized spacial score (nSPS) is 9.50. The molecule has 0 aliphatic carbocycles. The zero-order valence-corrected chi connectivity index (χ0v) is 15.6. The Kier molecular flexibility index (Phi) is 7.54. The highest BCUT2D eigenvalue weighted by Crippen LogP contribution is 2.28. The Balaban J connectivity index is 1.80. The molecule has 2 rings (SSSR count). The van der Waals surface area contributed by atoms with Gasteiger partial charge in [-0.2, -0.15) is 0 Å². The minimum Gasteiger partial charge on any atom is -0.497 e. The van der Waals surface area contributed by atoms with E-state index in [4.69, 9.17) is 19.9 Å². The van der Waals surface area contributed by atoms with Crippen LogP contribution < -0.4 is 30.6 Å². The molecule has 0 aliphatic heterocycles. The molecule has 0 bridgehead atoms. The molecule has 0 unspecified atom stereocenters. The molecule has 2 aromatic rings. The molecule has 0 spiro atoms. The Bertz CT molecular complexity index is 902. The molecule has 146 valence electrons. The van der Waals surface area contributed by atoms with E-state index in [1.165, 1.54) is 7.11 Å². The topological polar surface area (TPSA) is 112 Å². The summed E-state index contributed by atoms with van der Waals surface area (Å²) in [6, 6.07) is 11.2. The molecule has 4 N–H and O–H groups in total. The third kappa shape index (κ3) is 5.85. The van der Waals surface area contributed by atoms with Gasteiger partial charge in [0.1, 0.15) is 23.9 Å². The first-order chi connectivity index (χ1) is 13.5. The van der Waals surface area contributed by atoms with E-state index in [2.05, 4.69) is 22.5 Å². The lowest BCUT2D eigenvalue weighted by molar-refractivity contribution is 0.0997. The van der Waals surface area contributed by atoms with Crippen LogP contribution in [0.3, 0.4) is 0 Å². The zero-order valence-electron chi connectivity index (χ0n) is 15.6. The van der Waals surface area contributed by atoms with E-state index in [0.29, 0.717) is 22.9 Å². The van der Waals surface area contributed by atoms with E-state index in [1.54, 1.807) is 49.6 Å². The number of benzene rings is 2. The van der Waals surface area contributed by atoms with Gasteiger partial charge in [-0.15, -0.1) is 0 Å². The van der Waals surface area contributed by atoms with Crippen LogP contribution in [0.1, 0.15) is 10.4 Å². The average Bonchev–Trinajstić information content (AvgIpc) is 2.71. The molecule has 0 aromatic heterocycles. The second-order valence-electron chi connectivity index (χ2n) is 5.38. The Labute approximate surface area is 163 Å². The second kappa shape index (κ2) is 10.3. The fourth-order valence-corrected chi connectivity index (χ4v) is 2.22. The van der Waals surface area contributed by atoms with Crippen molar-refractivity contribution >= 4 is 17.6 Å². The van der Waals surface area contributed by atoms with Gasteiger partial charge in [-0.1, -0.05) is 24.0 Å². The highest BCUT2D eigenvalue weighted by atomic mass is 16.5. The Morgan fingerprint density at radius 1 is 1.04 bits per heavy atom. The molecular weight excluding hydrogens is 362 g/mol. The van der Waals surface area contributed by atoms with Crippen molar-refractivity contribution in [1.82, 2.24) is 5.32 Å². The lowest BCUT2D eigenvalue weighted by atomic mass is 10.2. The van der Waals surface area contributed by atoms with Crippen LogP contribution >= 0.6 is 0 Å². The number of hydrogen-bond acceptors (Lipinski definition) is 5. The quantitative estimate of drug-likeness (QED) is 0.633. The molecule has 0 saturated heterocycles. The summed E-state index contributed by atoms with van der Waals surface area (Å²) in [5, 5.41) is 5.27. The van der Waals surface area contributed by atoms with Crippen LogP contribution in [0, 0.1) is 11.8 Å². The van der Waals surface area contributed by atoms with Crippen molar-refractivity contribution in [3.63, 3.8) is 0 Å². The van der Waals surface area contributed by atoms with Crippen molar-refractivity contribution in [2.75, 3.05) is 32.7 Å². The molecule has 2 aromatic carbocycles. The first kappa shape index (κ1) is 20.5. The summed E-state index contributed by atoms with van der Waals surface area (Å²) in [7, 11) is 3.04. The van der Waals surface area contributed by atoms with Crippen molar-refractivity contribution in [2.45, 2.75) is 0 Å². The van der Waals surface area contributed by atoms with Crippen LogP contribution in [0.5, 0.6) is 17.2 Å². The van der Waals surface area contributed by atoms with E-state index in [0.717, 1.165) is 0 Å². The Morgan fingerprint density at radius 3 is 2.54 bits per heavy atom. The first-order valence-electron chi connectivity index (χ1n) is 8.29. The Hall–Kier alpha value is -3.86. The van der Waals surface area contributed by atoms with Gasteiger partial charge in [0.05, 0.1) is 32.0 Å². The van der Waals surface area contributed by atoms with Crippen molar-refractivity contribution in [3.8, 4) is 29.1 Å². The minimum absolute atomic E-state index is 0.0555. The summed E-state index contributed by atoms with van der Waals surface area (Å²) < 4.78 is 15.7. The number of nitrogens with one attached hydrogen (secondary N) is 2. The smallest absolute Gasteiger partial charge is 0.320 e. The van der Waals surface area contributed by atoms with Crippen LogP contribution in [0.25, 0.3) is 0 Å². The predicted molar refractivity (Wildman–Crippen MR) is 105 cm³/mol. The Morgan fingerprint density at radius 2 is 1.82 bits per heavy atom. The number of methoxy groups -OCH3 is 2. The number of anilines is 1. The van der Waals surface area contributed by atoms with Crippen LogP contribution in [-0.4, -0.2) is 39.3 Å². The van der Waals surface area contributed by atoms with Crippen LogP contribution in [-0.2, 0) is 0 Å². The van der Waals surface area contributed by atoms with Crippen LogP contribution in [0.4, 0.5) is 10.5 Å². The summed E-state index contributed by atoms with van der Waals surface area (Å²) in [6.45, 7) is 0.172. The van der Waals surface area contributed by atoms with Crippen LogP contribution in [0.15, 0.2) is 42.5 Å². The molecule has 3 amide bonds. The lowest BCUT2D eigenvalue weighted by Crippen LogP contribution is -2.29. The zero-order chi connectivity index (χ0) is 20.4. The number of amides is 3. The highest BCUT2D eigenvalue weighted by Gasteiger charge is 2.08. The van der Waals surface area contributed by atoms with Gasteiger partial charge >= 0.3 is 6.03 Å². The van der Waals surface area contributed by atoms with Crippen molar-refractivity contribution in [3.05, 3.63) is 48.0 Å². The molecule has 0 aliphatic rings. The maximum atomic E-state index is 11.9. The number of nitrogens with two attached hydrogens (primary N) is 1. The molecule has 0 heterocycles. The molecule has 28 heavy (non-hydrogen) atoms. The maximum absolute atomic E-state index is 11.9. The molecule has 0 fully saturated rings. The minimum atomic E-state index is -0.573. The summed E-state index contributed by atoms with van der Waals surface area (Å²) in [5.74, 6) is 6.38. The van der Waals surface area contributed by atoms with Crippen molar-refractivity contribution < 1.29 is 23.8 Å². The van der Waals surface area contributed by atoms with Gasteiger partial charge in [0.2, 0.25) is 0 Å². The second-order valence-corrected chi connectivity index (χ2v) is 5.38. The molecule has 8 heteroatoms. The molecular formula is C20H21N3O5. The average molecular weight is 383 g/mol. The predicted octanol–water partition coefficient (Wildman–Crippen LogP) is 2.01. The third-order valence-electron chi connectivity index (χ3n) is 3.57. The highest BCUT2D eigenvalue weighted by molar-refractivity contribution is 5.95. The largest absolute Gasteiger partial charge is 0.497 e. The number of rotatable bonds is 7. The number of urea groups is 1.